The lowest BCUT2D eigenvalue weighted by Crippen LogP contribution is -2.53. The minimum absolute atomic E-state index is 0.0877. The average Bonchev–Trinajstić information content (AvgIpc) is 2.82. The second kappa shape index (κ2) is 12.9. The Balaban J connectivity index is 1.71. The van der Waals surface area contributed by atoms with E-state index in [2.05, 4.69) is 5.32 Å². The van der Waals surface area contributed by atoms with Crippen molar-refractivity contribution in [3.8, 4) is 5.75 Å². The summed E-state index contributed by atoms with van der Waals surface area (Å²) in [6, 6.07) is 14.5. The fourth-order valence-electron chi connectivity index (χ4n) is 4.25. The summed E-state index contributed by atoms with van der Waals surface area (Å²) < 4.78 is 5.70. The van der Waals surface area contributed by atoms with Gasteiger partial charge in [0.25, 0.3) is 5.91 Å². The largest absolute Gasteiger partial charge is 0.482 e. The van der Waals surface area contributed by atoms with Crippen LogP contribution >= 0.6 is 23.2 Å². The molecule has 0 aromatic heterocycles. The van der Waals surface area contributed by atoms with Gasteiger partial charge >= 0.3 is 0 Å². The fourth-order valence-corrected chi connectivity index (χ4v) is 4.72. The lowest BCUT2D eigenvalue weighted by Gasteiger charge is -2.32. The Labute approximate surface area is 206 Å². The van der Waals surface area contributed by atoms with Crippen molar-refractivity contribution in [2.24, 2.45) is 0 Å². The first-order chi connectivity index (χ1) is 16.0. The molecule has 1 atom stereocenters. The molecule has 2 amide bonds. The van der Waals surface area contributed by atoms with E-state index in [0.717, 1.165) is 31.2 Å². The van der Waals surface area contributed by atoms with Crippen LogP contribution in [0.4, 0.5) is 0 Å². The molecule has 33 heavy (non-hydrogen) atoms. The predicted molar refractivity (Wildman–Crippen MR) is 133 cm³/mol. The highest BCUT2D eigenvalue weighted by Gasteiger charge is 2.30. The van der Waals surface area contributed by atoms with Gasteiger partial charge in [0, 0.05) is 17.6 Å². The topological polar surface area (TPSA) is 58.6 Å². The Morgan fingerprint density at radius 1 is 1.09 bits per heavy atom. The first kappa shape index (κ1) is 25.4. The molecule has 0 bridgehead atoms. The number of nitrogens with zero attached hydrogens (tertiary/aromatic N) is 1. The Kier molecular flexibility index (Phi) is 9.89. The third-order valence-corrected chi connectivity index (χ3v) is 6.60. The number of carbonyl (C=O) groups excluding carboxylic acids is 2. The number of benzene rings is 2. The van der Waals surface area contributed by atoms with E-state index in [4.69, 9.17) is 27.9 Å². The molecule has 0 unspecified atom stereocenters. The van der Waals surface area contributed by atoms with Crippen molar-refractivity contribution < 1.29 is 14.3 Å². The van der Waals surface area contributed by atoms with Crippen LogP contribution in [-0.2, 0) is 16.0 Å². The Bertz CT molecular complexity index is 917. The Morgan fingerprint density at radius 2 is 1.82 bits per heavy atom. The lowest BCUT2D eigenvalue weighted by molar-refractivity contribution is -0.142. The van der Waals surface area contributed by atoms with E-state index in [1.807, 2.05) is 37.3 Å². The molecule has 1 aliphatic carbocycles. The van der Waals surface area contributed by atoms with E-state index in [9.17, 15) is 9.59 Å². The van der Waals surface area contributed by atoms with E-state index in [1.54, 1.807) is 23.1 Å². The molecular weight excluding hydrogens is 459 g/mol. The number of hydrogen-bond acceptors (Lipinski definition) is 3. The summed E-state index contributed by atoms with van der Waals surface area (Å²) in [5, 5.41) is 4.02. The summed E-state index contributed by atoms with van der Waals surface area (Å²) >= 11 is 12.1. The van der Waals surface area contributed by atoms with Gasteiger partial charge in [0.05, 0.1) is 5.02 Å². The summed E-state index contributed by atoms with van der Waals surface area (Å²) in [7, 11) is 0. The van der Waals surface area contributed by atoms with Gasteiger partial charge in [-0.25, -0.2) is 0 Å². The Morgan fingerprint density at radius 3 is 2.48 bits per heavy atom. The van der Waals surface area contributed by atoms with Crippen molar-refractivity contribution in [1.29, 1.82) is 0 Å². The van der Waals surface area contributed by atoms with Gasteiger partial charge in [-0.3, -0.25) is 9.59 Å². The standard InChI is InChI=1S/C26H32Cl2N2O3/c1-2-23(26(32)29-21-11-7-4-8-12-21)30(16-15-19-9-5-3-6-10-19)25(31)18-33-24-14-13-20(27)17-22(24)28/h3,5-6,9-10,13-14,17,21,23H,2,4,7-8,11-12,15-16,18H2,1H3,(H,29,32)/t23-/m0/s1. The molecule has 5 nitrogen and oxygen atoms in total. The van der Waals surface area contributed by atoms with E-state index >= 15 is 0 Å². The number of halogens is 2. The van der Waals surface area contributed by atoms with Gasteiger partial charge < -0.3 is 15.0 Å². The number of rotatable bonds is 10. The molecule has 3 rings (SSSR count). The van der Waals surface area contributed by atoms with Crippen molar-refractivity contribution >= 4 is 35.0 Å². The molecule has 1 aliphatic rings. The van der Waals surface area contributed by atoms with E-state index in [1.165, 1.54) is 6.42 Å². The van der Waals surface area contributed by atoms with Gasteiger partial charge in [-0.2, -0.15) is 0 Å². The second-order valence-electron chi connectivity index (χ2n) is 8.45. The van der Waals surface area contributed by atoms with Gasteiger partial charge in [-0.1, -0.05) is 79.7 Å². The zero-order valence-corrected chi connectivity index (χ0v) is 20.6. The normalized spacial score (nSPS) is 15.0. The number of nitrogens with one attached hydrogen (secondary N) is 1. The maximum Gasteiger partial charge on any atom is 0.261 e. The van der Waals surface area contributed by atoms with Crippen LogP contribution < -0.4 is 10.1 Å². The second-order valence-corrected chi connectivity index (χ2v) is 9.30. The lowest BCUT2D eigenvalue weighted by atomic mass is 9.95. The highest BCUT2D eigenvalue weighted by molar-refractivity contribution is 6.35. The molecule has 1 N–H and O–H groups in total. The maximum absolute atomic E-state index is 13.3. The molecule has 1 saturated carbocycles. The zero-order valence-electron chi connectivity index (χ0n) is 19.1. The molecule has 0 radical (unpaired) electrons. The van der Waals surface area contributed by atoms with Crippen LogP contribution in [0.2, 0.25) is 10.0 Å². The van der Waals surface area contributed by atoms with Gasteiger partial charge in [-0.15, -0.1) is 0 Å². The highest BCUT2D eigenvalue weighted by Crippen LogP contribution is 2.27. The average molecular weight is 491 g/mol. The Hall–Kier alpha value is -2.24. The van der Waals surface area contributed by atoms with Crippen LogP contribution in [0.3, 0.4) is 0 Å². The molecule has 2 aromatic rings. The van der Waals surface area contributed by atoms with E-state index < -0.39 is 6.04 Å². The summed E-state index contributed by atoms with van der Waals surface area (Å²) in [4.78, 5) is 28.1. The first-order valence-corrected chi connectivity index (χ1v) is 12.4. The fraction of sp³-hybridized carbons (Fsp3) is 0.462. The van der Waals surface area contributed by atoms with Crippen molar-refractivity contribution in [2.45, 2.75) is 64.0 Å². The summed E-state index contributed by atoms with van der Waals surface area (Å²) in [5.41, 5.74) is 1.11. The van der Waals surface area contributed by atoms with Crippen LogP contribution in [0.25, 0.3) is 0 Å². The highest BCUT2D eigenvalue weighted by atomic mass is 35.5. The van der Waals surface area contributed by atoms with Gasteiger partial charge in [-0.05, 0) is 49.4 Å². The molecule has 0 spiro atoms. The molecule has 0 saturated heterocycles. The van der Waals surface area contributed by atoms with Gasteiger partial charge in [0.15, 0.2) is 6.61 Å². The number of hydrogen-bond donors (Lipinski definition) is 1. The predicted octanol–water partition coefficient (Wildman–Crippen LogP) is 5.67. The van der Waals surface area contributed by atoms with Crippen LogP contribution in [0.15, 0.2) is 48.5 Å². The van der Waals surface area contributed by atoms with Crippen LogP contribution in [0, 0.1) is 0 Å². The third-order valence-electron chi connectivity index (χ3n) is 6.07. The molecule has 0 heterocycles. The SMILES string of the molecule is CC[C@@H](C(=O)NC1CCCCC1)N(CCc1ccccc1)C(=O)COc1ccc(Cl)cc1Cl. The van der Waals surface area contributed by atoms with Crippen LogP contribution in [0.5, 0.6) is 5.75 Å². The third kappa shape index (κ3) is 7.65. The van der Waals surface area contributed by atoms with Crippen molar-refractivity contribution in [3.05, 3.63) is 64.1 Å². The monoisotopic (exact) mass is 490 g/mol. The van der Waals surface area contributed by atoms with Gasteiger partial charge in [0.1, 0.15) is 11.8 Å². The molecule has 7 heteroatoms. The first-order valence-electron chi connectivity index (χ1n) is 11.7. The van der Waals surface area contributed by atoms with E-state index in [0.29, 0.717) is 35.2 Å². The maximum atomic E-state index is 13.3. The quantitative estimate of drug-likeness (QED) is 0.466. The van der Waals surface area contributed by atoms with Crippen LogP contribution in [0.1, 0.15) is 51.0 Å². The zero-order chi connectivity index (χ0) is 23.6. The molecule has 0 aliphatic heterocycles. The minimum atomic E-state index is -0.549. The smallest absolute Gasteiger partial charge is 0.261 e. The van der Waals surface area contributed by atoms with Crippen molar-refractivity contribution in [3.63, 3.8) is 0 Å². The van der Waals surface area contributed by atoms with Crippen LogP contribution in [-0.4, -0.2) is 41.9 Å². The number of ether oxygens (including phenoxy) is 1. The number of amides is 2. The number of carbonyl (C=O) groups is 2. The van der Waals surface area contributed by atoms with Gasteiger partial charge in [0.2, 0.25) is 5.91 Å². The van der Waals surface area contributed by atoms with Crippen molar-refractivity contribution in [2.75, 3.05) is 13.2 Å². The minimum Gasteiger partial charge on any atom is -0.482 e. The summed E-state index contributed by atoms with van der Waals surface area (Å²) in [5.74, 6) is 0.0510. The summed E-state index contributed by atoms with van der Waals surface area (Å²) in [6.45, 7) is 2.16. The summed E-state index contributed by atoms with van der Waals surface area (Å²) in [6.07, 6.45) is 6.66. The molecule has 178 valence electrons. The molecule has 2 aromatic carbocycles. The van der Waals surface area contributed by atoms with E-state index in [-0.39, 0.29) is 24.5 Å². The molecular formula is C26H32Cl2N2O3. The molecule has 1 fully saturated rings. The van der Waals surface area contributed by atoms with Crippen molar-refractivity contribution in [1.82, 2.24) is 10.2 Å².